The van der Waals surface area contributed by atoms with Gasteiger partial charge in [0.25, 0.3) is 0 Å². The molecular formula is C18H20N2O2. The second-order valence-electron chi connectivity index (χ2n) is 5.57. The number of carbonyl (C=O) groups excluding carboxylic acids is 1. The van der Waals surface area contributed by atoms with E-state index in [2.05, 4.69) is 22.4 Å². The van der Waals surface area contributed by atoms with Gasteiger partial charge in [-0.1, -0.05) is 30.3 Å². The summed E-state index contributed by atoms with van der Waals surface area (Å²) >= 11 is 0. The fourth-order valence-corrected chi connectivity index (χ4v) is 2.63. The summed E-state index contributed by atoms with van der Waals surface area (Å²) < 4.78 is 5.35. The van der Waals surface area contributed by atoms with Crippen LogP contribution in [0.25, 0.3) is 11.1 Å². The number of benzene rings is 1. The van der Waals surface area contributed by atoms with Crippen LogP contribution in [0.1, 0.15) is 18.4 Å². The topological polar surface area (TPSA) is 51.2 Å². The van der Waals surface area contributed by atoms with Gasteiger partial charge in [0, 0.05) is 25.5 Å². The van der Waals surface area contributed by atoms with Crippen LogP contribution in [0.15, 0.2) is 48.8 Å². The van der Waals surface area contributed by atoms with Crippen molar-refractivity contribution < 1.29 is 9.53 Å². The maximum Gasteiger partial charge on any atom is 0.225 e. The minimum atomic E-state index is 0.00316. The highest BCUT2D eigenvalue weighted by atomic mass is 16.5. The number of aromatic nitrogens is 1. The highest BCUT2D eigenvalue weighted by Gasteiger charge is 2.21. The van der Waals surface area contributed by atoms with Crippen LogP contribution in [0.3, 0.4) is 0 Å². The minimum absolute atomic E-state index is 0.00316. The van der Waals surface area contributed by atoms with Gasteiger partial charge in [0.2, 0.25) is 5.91 Å². The molecule has 3 rings (SSSR count). The quantitative estimate of drug-likeness (QED) is 0.944. The largest absolute Gasteiger partial charge is 0.381 e. The highest BCUT2D eigenvalue weighted by molar-refractivity contribution is 5.78. The molecule has 4 heteroatoms. The molecule has 2 aromatic rings. The summed E-state index contributed by atoms with van der Waals surface area (Å²) in [6, 6.07) is 12.2. The molecule has 1 aromatic heterocycles. The molecule has 4 nitrogen and oxygen atoms in total. The Morgan fingerprint density at radius 1 is 1.23 bits per heavy atom. The predicted octanol–water partition coefficient (Wildman–Crippen LogP) is 2.79. The third-order valence-electron chi connectivity index (χ3n) is 3.95. The standard InChI is InChI=1S/C18H20N2O2/c21-18(17-4-2-10-22-13-17)20-11-14-5-7-15(8-6-14)16-3-1-9-19-12-16/h1,3,5-9,12,17H,2,4,10-11,13H2,(H,20,21)/t17-/m0/s1. The molecule has 0 spiro atoms. The van der Waals surface area contributed by atoms with E-state index in [9.17, 15) is 4.79 Å². The van der Waals surface area contributed by atoms with Crippen LogP contribution in [-0.2, 0) is 16.1 Å². The molecule has 1 amide bonds. The second-order valence-corrected chi connectivity index (χ2v) is 5.57. The number of nitrogens with zero attached hydrogens (tertiary/aromatic N) is 1. The molecule has 1 saturated heterocycles. The van der Waals surface area contributed by atoms with Crippen molar-refractivity contribution in [3.05, 3.63) is 54.4 Å². The molecule has 2 heterocycles. The van der Waals surface area contributed by atoms with Gasteiger partial charge in [-0.2, -0.15) is 0 Å². The Kier molecular flexibility index (Phi) is 4.81. The SMILES string of the molecule is O=C(NCc1ccc(-c2cccnc2)cc1)[C@H]1CCCOC1. The zero-order valence-electron chi connectivity index (χ0n) is 12.5. The molecule has 22 heavy (non-hydrogen) atoms. The van der Waals surface area contributed by atoms with Crippen LogP contribution in [-0.4, -0.2) is 24.1 Å². The number of amides is 1. The van der Waals surface area contributed by atoms with Crippen LogP contribution in [0.5, 0.6) is 0 Å². The fraction of sp³-hybridized carbons (Fsp3) is 0.333. The van der Waals surface area contributed by atoms with E-state index in [0.29, 0.717) is 13.2 Å². The molecule has 1 fully saturated rings. The number of hydrogen-bond donors (Lipinski definition) is 1. The first-order valence-corrected chi connectivity index (χ1v) is 7.68. The van der Waals surface area contributed by atoms with Crippen LogP contribution in [0.2, 0.25) is 0 Å². The lowest BCUT2D eigenvalue weighted by Gasteiger charge is -2.21. The first kappa shape index (κ1) is 14.7. The van der Waals surface area contributed by atoms with Gasteiger partial charge in [0.1, 0.15) is 0 Å². The first-order chi connectivity index (χ1) is 10.8. The molecule has 1 aliphatic rings. The highest BCUT2D eigenvalue weighted by Crippen LogP contribution is 2.18. The summed E-state index contributed by atoms with van der Waals surface area (Å²) in [6.45, 7) is 1.88. The average Bonchev–Trinajstić information content (AvgIpc) is 2.61. The molecular weight excluding hydrogens is 276 g/mol. The number of pyridine rings is 1. The Labute approximate surface area is 130 Å². The summed E-state index contributed by atoms with van der Waals surface area (Å²) in [6.07, 6.45) is 5.51. The fourth-order valence-electron chi connectivity index (χ4n) is 2.63. The van der Waals surface area contributed by atoms with Crippen LogP contribution in [0.4, 0.5) is 0 Å². The Morgan fingerprint density at radius 2 is 2.09 bits per heavy atom. The van der Waals surface area contributed by atoms with E-state index in [-0.39, 0.29) is 11.8 Å². The summed E-state index contributed by atoms with van der Waals surface area (Å²) in [5, 5.41) is 3.00. The van der Waals surface area contributed by atoms with Crippen molar-refractivity contribution in [2.45, 2.75) is 19.4 Å². The van der Waals surface area contributed by atoms with Gasteiger partial charge < -0.3 is 10.1 Å². The van der Waals surface area contributed by atoms with Crippen LogP contribution >= 0.6 is 0 Å². The smallest absolute Gasteiger partial charge is 0.225 e. The maximum absolute atomic E-state index is 12.1. The van der Waals surface area contributed by atoms with E-state index in [0.717, 1.165) is 36.1 Å². The number of nitrogens with one attached hydrogen (secondary N) is 1. The van der Waals surface area contributed by atoms with Crippen molar-refractivity contribution in [1.82, 2.24) is 10.3 Å². The lowest BCUT2D eigenvalue weighted by molar-refractivity contribution is -0.129. The van der Waals surface area contributed by atoms with Crippen molar-refractivity contribution in [1.29, 1.82) is 0 Å². The lowest BCUT2D eigenvalue weighted by atomic mass is 10.0. The van der Waals surface area contributed by atoms with Crippen molar-refractivity contribution in [3.63, 3.8) is 0 Å². The zero-order valence-corrected chi connectivity index (χ0v) is 12.5. The minimum Gasteiger partial charge on any atom is -0.381 e. The Morgan fingerprint density at radius 3 is 2.77 bits per heavy atom. The molecule has 1 aromatic carbocycles. The summed E-state index contributed by atoms with van der Waals surface area (Å²) in [5.74, 6) is 0.0967. The van der Waals surface area contributed by atoms with E-state index in [1.807, 2.05) is 30.5 Å². The van der Waals surface area contributed by atoms with E-state index < -0.39 is 0 Å². The third kappa shape index (κ3) is 3.71. The molecule has 1 atom stereocenters. The van der Waals surface area contributed by atoms with Gasteiger partial charge in [-0.15, -0.1) is 0 Å². The average molecular weight is 296 g/mol. The second kappa shape index (κ2) is 7.18. The monoisotopic (exact) mass is 296 g/mol. The van der Waals surface area contributed by atoms with E-state index in [1.54, 1.807) is 6.20 Å². The predicted molar refractivity (Wildman–Crippen MR) is 85.1 cm³/mol. The summed E-state index contributed by atoms with van der Waals surface area (Å²) in [7, 11) is 0. The van der Waals surface area contributed by atoms with Gasteiger partial charge in [-0.25, -0.2) is 0 Å². The number of hydrogen-bond acceptors (Lipinski definition) is 3. The molecule has 1 N–H and O–H groups in total. The number of rotatable bonds is 4. The summed E-state index contributed by atoms with van der Waals surface area (Å²) in [5.41, 5.74) is 3.32. The van der Waals surface area contributed by atoms with Gasteiger partial charge in [-0.05, 0) is 35.6 Å². The Balaban J connectivity index is 1.56. The van der Waals surface area contributed by atoms with Crippen molar-refractivity contribution in [3.8, 4) is 11.1 Å². The third-order valence-corrected chi connectivity index (χ3v) is 3.95. The van der Waals surface area contributed by atoms with Crippen LogP contribution in [0, 0.1) is 5.92 Å². The Hall–Kier alpha value is -2.20. The van der Waals surface area contributed by atoms with Crippen molar-refractivity contribution in [2.75, 3.05) is 13.2 Å². The number of carbonyl (C=O) groups is 1. The zero-order chi connectivity index (χ0) is 15.2. The first-order valence-electron chi connectivity index (χ1n) is 7.68. The van der Waals surface area contributed by atoms with Gasteiger partial charge in [0.15, 0.2) is 0 Å². The van der Waals surface area contributed by atoms with Gasteiger partial charge in [-0.3, -0.25) is 9.78 Å². The molecule has 0 aliphatic carbocycles. The van der Waals surface area contributed by atoms with Crippen molar-refractivity contribution >= 4 is 5.91 Å². The normalized spacial score (nSPS) is 17.9. The van der Waals surface area contributed by atoms with Gasteiger partial charge in [0.05, 0.1) is 12.5 Å². The van der Waals surface area contributed by atoms with Crippen LogP contribution < -0.4 is 5.32 Å². The maximum atomic E-state index is 12.1. The summed E-state index contributed by atoms with van der Waals surface area (Å²) in [4.78, 5) is 16.2. The van der Waals surface area contributed by atoms with E-state index in [1.165, 1.54) is 0 Å². The molecule has 0 saturated carbocycles. The molecule has 114 valence electrons. The molecule has 0 bridgehead atoms. The van der Waals surface area contributed by atoms with Gasteiger partial charge >= 0.3 is 0 Å². The molecule has 0 unspecified atom stereocenters. The Bertz CT molecular complexity index is 605. The lowest BCUT2D eigenvalue weighted by Crippen LogP contribution is -2.35. The van der Waals surface area contributed by atoms with Crippen molar-refractivity contribution in [2.24, 2.45) is 5.92 Å². The van der Waals surface area contributed by atoms with E-state index in [4.69, 9.17) is 4.74 Å². The molecule has 0 radical (unpaired) electrons. The number of ether oxygens (including phenoxy) is 1. The molecule has 1 aliphatic heterocycles. The van der Waals surface area contributed by atoms with E-state index >= 15 is 0 Å².